The van der Waals surface area contributed by atoms with E-state index in [1.807, 2.05) is 13.0 Å². The molecule has 6 heteroatoms. The van der Waals surface area contributed by atoms with Gasteiger partial charge in [-0.2, -0.15) is 0 Å². The highest BCUT2D eigenvalue weighted by atomic mass is 16.6. The number of allylic oxidation sites excluding steroid dienone is 1. The van der Waals surface area contributed by atoms with Gasteiger partial charge in [-0.25, -0.2) is 0 Å². The zero-order valence-electron chi connectivity index (χ0n) is 15.3. The molecule has 0 radical (unpaired) electrons. The largest absolute Gasteiger partial charge is 0.457 e. The van der Waals surface area contributed by atoms with E-state index in [2.05, 4.69) is 0 Å². The molecule has 3 heterocycles. The predicted octanol–water partition coefficient (Wildman–Crippen LogP) is 1.34. The Bertz CT molecular complexity index is 733. The highest BCUT2D eigenvalue weighted by molar-refractivity contribution is 5.86. The fraction of sp³-hybridized carbons (Fsp3) is 0.800. The molecule has 0 amide bonds. The van der Waals surface area contributed by atoms with E-state index in [-0.39, 0.29) is 35.1 Å². The van der Waals surface area contributed by atoms with Crippen LogP contribution in [0.3, 0.4) is 0 Å². The first-order valence-corrected chi connectivity index (χ1v) is 9.62. The minimum absolute atomic E-state index is 0.0818. The molecule has 3 aliphatic heterocycles. The van der Waals surface area contributed by atoms with E-state index in [4.69, 9.17) is 9.47 Å². The second-order valence-corrected chi connectivity index (χ2v) is 9.51. The number of hydrogen-bond donors (Lipinski definition) is 2. The van der Waals surface area contributed by atoms with Crippen LogP contribution in [0.25, 0.3) is 0 Å². The molecule has 0 aromatic rings. The summed E-state index contributed by atoms with van der Waals surface area (Å²) in [5, 5.41) is 20.4. The summed E-state index contributed by atoms with van der Waals surface area (Å²) < 4.78 is 11.7. The van der Waals surface area contributed by atoms with Crippen molar-refractivity contribution in [1.29, 1.82) is 0 Å². The van der Waals surface area contributed by atoms with Crippen LogP contribution in [0, 0.1) is 28.1 Å². The van der Waals surface area contributed by atoms with Crippen molar-refractivity contribution < 1.29 is 29.3 Å². The van der Waals surface area contributed by atoms with Crippen LogP contribution in [0.15, 0.2) is 11.6 Å². The number of aliphatic hydroxyl groups is 2. The minimum atomic E-state index is -1.44. The first-order chi connectivity index (χ1) is 12.2. The number of carbonyl (C=O) groups excluding carboxylic acids is 2. The van der Waals surface area contributed by atoms with Crippen LogP contribution < -0.4 is 0 Å². The summed E-state index contributed by atoms with van der Waals surface area (Å²) in [5.74, 6) is -1.78. The highest BCUT2D eigenvalue weighted by Gasteiger charge is 2.78. The number of hydrogen-bond acceptors (Lipinski definition) is 6. The molecule has 2 saturated carbocycles. The molecular formula is C20H26O6. The van der Waals surface area contributed by atoms with Gasteiger partial charge in [0, 0.05) is 23.2 Å². The van der Waals surface area contributed by atoms with Crippen LogP contribution >= 0.6 is 0 Å². The van der Waals surface area contributed by atoms with Crippen molar-refractivity contribution in [3.05, 3.63) is 11.6 Å². The van der Waals surface area contributed by atoms with Crippen molar-refractivity contribution in [2.75, 3.05) is 13.2 Å². The van der Waals surface area contributed by atoms with E-state index in [9.17, 15) is 19.8 Å². The van der Waals surface area contributed by atoms with Gasteiger partial charge < -0.3 is 19.7 Å². The third-order valence-electron chi connectivity index (χ3n) is 8.47. The first-order valence-electron chi connectivity index (χ1n) is 9.62. The zero-order valence-corrected chi connectivity index (χ0v) is 15.3. The number of rotatable bonds is 2. The van der Waals surface area contributed by atoms with Gasteiger partial charge in [-0.15, -0.1) is 0 Å². The maximum Gasteiger partial charge on any atom is 0.318 e. The number of esters is 1. The Morgan fingerprint density at radius 2 is 2.08 bits per heavy atom. The number of Topliss-reactive ketones (excluding diaryl/α,β-unsaturated/α-hetero) is 1. The second-order valence-electron chi connectivity index (χ2n) is 9.51. The molecule has 0 aromatic carbocycles. The third kappa shape index (κ3) is 1.65. The van der Waals surface area contributed by atoms with Crippen LogP contribution in [0.2, 0.25) is 0 Å². The highest BCUT2D eigenvalue weighted by Crippen LogP contribution is 2.71. The average Bonchev–Trinajstić information content (AvgIpc) is 2.89. The van der Waals surface area contributed by atoms with E-state index in [0.29, 0.717) is 19.4 Å². The molecule has 26 heavy (non-hydrogen) atoms. The van der Waals surface area contributed by atoms with Gasteiger partial charge in [0.05, 0.1) is 6.61 Å². The molecule has 5 fully saturated rings. The summed E-state index contributed by atoms with van der Waals surface area (Å²) in [6.07, 6.45) is 5.09. The van der Waals surface area contributed by atoms with Crippen molar-refractivity contribution in [3.63, 3.8) is 0 Å². The summed E-state index contributed by atoms with van der Waals surface area (Å²) in [7, 11) is 0. The summed E-state index contributed by atoms with van der Waals surface area (Å²) in [4.78, 5) is 25.1. The summed E-state index contributed by atoms with van der Waals surface area (Å²) >= 11 is 0. The topological polar surface area (TPSA) is 93.1 Å². The predicted molar refractivity (Wildman–Crippen MR) is 89.7 cm³/mol. The smallest absolute Gasteiger partial charge is 0.318 e. The Morgan fingerprint density at radius 3 is 2.73 bits per heavy atom. The standard InChI is InChI=1S/C20H26O6/c1-17(14(22)9-21)4-3-12-11(8-17)7-13-15-18(2,16(23)26-13)20(24)6-5-19(12,15)10-25-20/h7,12-13,15,21,24H,3-6,8-10H2,1-2H3/t12-,13-,15+,17-,18+,19+,20-/m1/s1. The van der Waals surface area contributed by atoms with Gasteiger partial charge in [0.1, 0.15) is 18.1 Å². The molecule has 3 aliphatic carbocycles. The molecule has 6 aliphatic rings. The molecule has 0 unspecified atom stereocenters. The number of ketones is 1. The maximum atomic E-state index is 12.8. The molecule has 142 valence electrons. The van der Waals surface area contributed by atoms with Crippen molar-refractivity contribution in [2.45, 2.75) is 57.8 Å². The number of ether oxygens (including phenoxy) is 2. The van der Waals surface area contributed by atoms with Crippen molar-refractivity contribution in [1.82, 2.24) is 0 Å². The minimum Gasteiger partial charge on any atom is -0.457 e. The first kappa shape index (κ1) is 16.9. The van der Waals surface area contributed by atoms with Gasteiger partial charge in [0.2, 0.25) is 0 Å². The summed E-state index contributed by atoms with van der Waals surface area (Å²) in [5.41, 5.74) is -0.645. The quantitative estimate of drug-likeness (QED) is 0.569. The number of fused-ring (bicyclic) bond motifs is 3. The molecule has 3 saturated heterocycles. The van der Waals surface area contributed by atoms with E-state index >= 15 is 0 Å². The Hall–Kier alpha value is -1.24. The normalized spacial score (nSPS) is 54.2. The van der Waals surface area contributed by atoms with E-state index in [0.717, 1.165) is 24.8 Å². The zero-order chi connectivity index (χ0) is 18.5. The van der Waals surface area contributed by atoms with Crippen LogP contribution in [0.5, 0.6) is 0 Å². The van der Waals surface area contributed by atoms with Gasteiger partial charge in [0.25, 0.3) is 0 Å². The average molecular weight is 362 g/mol. The van der Waals surface area contributed by atoms with Crippen LogP contribution in [-0.4, -0.2) is 47.1 Å². The fourth-order valence-corrected chi connectivity index (χ4v) is 6.93. The molecule has 6 nitrogen and oxygen atoms in total. The lowest BCUT2D eigenvalue weighted by molar-refractivity contribution is -0.367. The van der Waals surface area contributed by atoms with Gasteiger partial charge in [-0.3, -0.25) is 9.59 Å². The van der Waals surface area contributed by atoms with Gasteiger partial charge in [-0.1, -0.05) is 12.5 Å². The molecular weight excluding hydrogens is 336 g/mol. The summed E-state index contributed by atoms with van der Waals surface area (Å²) in [6.45, 7) is 3.72. The van der Waals surface area contributed by atoms with Crippen molar-refractivity contribution in [3.8, 4) is 0 Å². The monoisotopic (exact) mass is 362 g/mol. The van der Waals surface area contributed by atoms with E-state index in [1.54, 1.807) is 6.92 Å². The van der Waals surface area contributed by atoms with Crippen LogP contribution in [-0.2, 0) is 19.1 Å². The molecule has 1 spiro atoms. The van der Waals surface area contributed by atoms with E-state index < -0.39 is 23.2 Å². The number of aliphatic hydroxyl groups excluding tert-OH is 1. The molecule has 7 atom stereocenters. The Balaban J connectivity index is 1.61. The van der Waals surface area contributed by atoms with Crippen molar-refractivity contribution >= 4 is 11.8 Å². The van der Waals surface area contributed by atoms with Crippen LogP contribution in [0.4, 0.5) is 0 Å². The van der Waals surface area contributed by atoms with Gasteiger partial charge in [0.15, 0.2) is 11.6 Å². The molecule has 2 N–H and O–H groups in total. The van der Waals surface area contributed by atoms with Crippen molar-refractivity contribution in [2.24, 2.45) is 28.1 Å². The maximum absolute atomic E-state index is 12.8. The fourth-order valence-electron chi connectivity index (χ4n) is 6.93. The SMILES string of the molecule is C[C@@]1(C(=O)CO)CC[C@@H]2C(=C[C@H]3OC(=O)[C@]4(C)[C@H]3[C@]23CC[C@@]4(O)OC3)C1. The van der Waals surface area contributed by atoms with Gasteiger partial charge in [-0.05, 0) is 44.6 Å². The van der Waals surface area contributed by atoms with Crippen LogP contribution in [0.1, 0.15) is 46.0 Å². The third-order valence-corrected chi connectivity index (χ3v) is 8.47. The molecule has 0 aromatic heterocycles. The lowest BCUT2D eigenvalue weighted by Crippen LogP contribution is -2.71. The second kappa shape index (κ2) is 4.78. The Morgan fingerprint density at radius 1 is 1.31 bits per heavy atom. The van der Waals surface area contributed by atoms with E-state index in [1.165, 1.54) is 0 Å². The lowest BCUT2D eigenvalue weighted by atomic mass is 9.42. The summed E-state index contributed by atoms with van der Waals surface area (Å²) in [6, 6.07) is 0. The number of carbonyl (C=O) groups is 2. The Labute approximate surface area is 152 Å². The molecule has 6 rings (SSSR count). The Kier molecular flexibility index (Phi) is 3.10. The molecule has 2 bridgehead atoms. The van der Waals surface area contributed by atoms with Gasteiger partial charge >= 0.3 is 5.97 Å². The lowest BCUT2D eigenvalue weighted by Gasteiger charge is -2.65.